The molecule has 0 radical (unpaired) electrons. The number of alkyl halides is 3. The second-order valence-corrected chi connectivity index (χ2v) is 3.80. The number of carbonyl (C=O) groups excluding carboxylic acids is 1. The third-order valence-electron chi connectivity index (χ3n) is 2.46. The maximum atomic E-state index is 11.8. The van der Waals surface area contributed by atoms with Gasteiger partial charge >= 0.3 is 12.1 Å². The number of rotatable bonds is 4. The number of carbonyl (C=O) groups is 2. The Balaban J connectivity index is 2.40. The summed E-state index contributed by atoms with van der Waals surface area (Å²) in [5.41, 5.74) is 0. The molecule has 1 amide bonds. The SMILES string of the molecule is O=C(O)[C@@H]1CCCN1C(=O)CNCC(F)(F)F. The van der Waals surface area contributed by atoms with E-state index in [4.69, 9.17) is 5.11 Å². The lowest BCUT2D eigenvalue weighted by atomic mass is 10.2. The van der Waals surface area contributed by atoms with Crippen LogP contribution in [0.25, 0.3) is 0 Å². The van der Waals surface area contributed by atoms with Gasteiger partial charge in [-0.05, 0) is 12.8 Å². The Morgan fingerprint density at radius 1 is 1.41 bits per heavy atom. The Bertz CT molecular complexity index is 306. The molecule has 0 aromatic carbocycles. The monoisotopic (exact) mass is 254 g/mol. The quantitative estimate of drug-likeness (QED) is 0.752. The minimum absolute atomic E-state index is 0.281. The summed E-state index contributed by atoms with van der Waals surface area (Å²) < 4.78 is 35.4. The number of aliphatic carboxylic acids is 1. The van der Waals surface area contributed by atoms with E-state index in [1.54, 1.807) is 0 Å². The van der Waals surface area contributed by atoms with Crippen LogP contribution in [0.1, 0.15) is 12.8 Å². The van der Waals surface area contributed by atoms with Crippen molar-refractivity contribution in [3.05, 3.63) is 0 Å². The number of halogens is 3. The van der Waals surface area contributed by atoms with E-state index in [2.05, 4.69) is 0 Å². The Morgan fingerprint density at radius 3 is 2.59 bits per heavy atom. The van der Waals surface area contributed by atoms with Gasteiger partial charge in [-0.2, -0.15) is 13.2 Å². The van der Waals surface area contributed by atoms with Gasteiger partial charge in [0, 0.05) is 6.54 Å². The molecule has 1 saturated heterocycles. The summed E-state index contributed by atoms with van der Waals surface area (Å²) in [4.78, 5) is 23.3. The first-order chi connectivity index (χ1) is 7.81. The van der Waals surface area contributed by atoms with E-state index in [1.165, 1.54) is 0 Å². The standard InChI is InChI=1S/C9H13F3N2O3/c10-9(11,12)5-13-4-7(15)14-3-1-2-6(14)8(16)17/h6,13H,1-5H2,(H,16,17)/t6-/m0/s1. The normalized spacial score (nSPS) is 20.6. The predicted octanol–water partition coefficient (Wildman–Crippen LogP) is 0.214. The summed E-state index contributed by atoms with van der Waals surface area (Å²) in [6.45, 7) is -1.48. The Hall–Kier alpha value is -1.31. The molecule has 0 aromatic heterocycles. The fraction of sp³-hybridized carbons (Fsp3) is 0.778. The third-order valence-corrected chi connectivity index (χ3v) is 2.46. The van der Waals surface area contributed by atoms with Gasteiger partial charge in [-0.1, -0.05) is 0 Å². The molecule has 8 heteroatoms. The summed E-state index contributed by atoms with van der Waals surface area (Å²) in [5.74, 6) is -1.73. The van der Waals surface area contributed by atoms with E-state index in [0.29, 0.717) is 12.8 Å². The van der Waals surface area contributed by atoms with Crippen LogP contribution < -0.4 is 5.32 Å². The number of amides is 1. The molecule has 98 valence electrons. The Morgan fingerprint density at radius 2 is 2.06 bits per heavy atom. The number of hydrogen-bond donors (Lipinski definition) is 2. The predicted molar refractivity (Wildman–Crippen MR) is 51.3 cm³/mol. The first kappa shape index (κ1) is 13.8. The van der Waals surface area contributed by atoms with Crippen LogP contribution in [0.5, 0.6) is 0 Å². The zero-order valence-corrected chi connectivity index (χ0v) is 8.96. The van der Waals surface area contributed by atoms with Crippen molar-refractivity contribution in [3.63, 3.8) is 0 Å². The van der Waals surface area contributed by atoms with Crippen LogP contribution in [0.4, 0.5) is 13.2 Å². The van der Waals surface area contributed by atoms with Crippen molar-refractivity contribution in [2.24, 2.45) is 0 Å². The van der Waals surface area contributed by atoms with Gasteiger partial charge in [-0.25, -0.2) is 4.79 Å². The van der Waals surface area contributed by atoms with Crippen LogP contribution in [-0.4, -0.2) is 53.7 Å². The second-order valence-electron chi connectivity index (χ2n) is 3.80. The summed E-state index contributed by atoms with van der Waals surface area (Å²) >= 11 is 0. The van der Waals surface area contributed by atoms with Crippen LogP contribution in [-0.2, 0) is 9.59 Å². The number of likely N-dealkylation sites (tertiary alicyclic amines) is 1. The van der Waals surface area contributed by atoms with E-state index < -0.39 is 37.2 Å². The minimum atomic E-state index is -4.38. The molecule has 0 aliphatic carbocycles. The van der Waals surface area contributed by atoms with Crippen LogP contribution in [0.15, 0.2) is 0 Å². The fourth-order valence-corrected chi connectivity index (χ4v) is 1.73. The number of nitrogens with one attached hydrogen (secondary N) is 1. The zero-order chi connectivity index (χ0) is 13.1. The van der Waals surface area contributed by atoms with Gasteiger partial charge in [-0.15, -0.1) is 0 Å². The molecule has 1 aliphatic rings. The summed E-state index contributed by atoms with van der Waals surface area (Å²) in [5, 5.41) is 10.7. The molecule has 1 fully saturated rings. The van der Waals surface area contributed by atoms with Crippen molar-refractivity contribution >= 4 is 11.9 Å². The molecule has 17 heavy (non-hydrogen) atoms. The van der Waals surface area contributed by atoms with Crippen molar-refractivity contribution in [2.75, 3.05) is 19.6 Å². The molecule has 0 saturated carbocycles. The third kappa shape index (κ3) is 4.22. The summed E-state index contributed by atoms with van der Waals surface area (Å²) in [7, 11) is 0. The highest BCUT2D eigenvalue weighted by Gasteiger charge is 2.34. The van der Waals surface area contributed by atoms with Crippen molar-refractivity contribution in [1.82, 2.24) is 10.2 Å². The van der Waals surface area contributed by atoms with E-state index in [1.807, 2.05) is 5.32 Å². The van der Waals surface area contributed by atoms with E-state index >= 15 is 0 Å². The highest BCUT2D eigenvalue weighted by molar-refractivity contribution is 5.85. The van der Waals surface area contributed by atoms with E-state index in [9.17, 15) is 22.8 Å². The summed E-state index contributed by atoms with van der Waals surface area (Å²) in [6, 6.07) is -0.907. The molecule has 1 heterocycles. The van der Waals surface area contributed by atoms with Crippen LogP contribution in [0.2, 0.25) is 0 Å². The van der Waals surface area contributed by atoms with Gasteiger partial charge in [0.25, 0.3) is 0 Å². The molecule has 0 aromatic rings. The largest absolute Gasteiger partial charge is 0.480 e. The smallest absolute Gasteiger partial charge is 0.401 e. The van der Waals surface area contributed by atoms with Crippen LogP contribution in [0, 0.1) is 0 Å². The maximum Gasteiger partial charge on any atom is 0.401 e. The zero-order valence-electron chi connectivity index (χ0n) is 8.96. The molecule has 0 bridgehead atoms. The molecule has 5 nitrogen and oxygen atoms in total. The lowest BCUT2D eigenvalue weighted by molar-refractivity contribution is -0.148. The Labute approximate surface area is 95.6 Å². The first-order valence-corrected chi connectivity index (χ1v) is 5.11. The molecule has 1 aliphatic heterocycles. The molecular weight excluding hydrogens is 241 g/mol. The van der Waals surface area contributed by atoms with Gasteiger partial charge in [0.15, 0.2) is 0 Å². The maximum absolute atomic E-state index is 11.8. The topological polar surface area (TPSA) is 69.6 Å². The van der Waals surface area contributed by atoms with Crippen LogP contribution >= 0.6 is 0 Å². The van der Waals surface area contributed by atoms with Gasteiger partial charge in [0.2, 0.25) is 5.91 Å². The molecular formula is C9H13F3N2O3. The Kier molecular flexibility index (Phi) is 4.33. The average Bonchev–Trinajstić information content (AvgIpc) is 2.63. The minimum Gasteiger partial charge on any atom is -0.480 e. The molecule has 0 unspecified atom stereocenters. The van der Waals surface area contributed by atoms with Gasteiger partial charge in [-0.3, -0.25) is 4.79 Å². The lowest BCUT2D eigenvalue weighted by Gasteiger charge is -2.21. The van der Waals surface area contributed by atoms with Crippen molar-refractivity contribution in [2.45, 2.75) is 25.1 Å². The lowest BCUT2D eigenvalue weighted by Crippen LogP contribution is -2.45. The van der Waals surface area contributed by atoms with Crippen LogP contribution in [0.3, 0.4) is 0 Å². The van der Waals surface area contributed by atoms with Gasteiger partial charge in [0.1, 0.15) is 6.04 Å². The van der Waals surface area contributed by atoms with Crippen molar-refractivity contribution < 1.29 is 27.9 Å². The number of hydrogen-bond acceptors (Lipinski definition) is 3. The van der Waals surface area contributed by atoms with Gasteiger partial charge in [0.05, 0.1) is 13.1 Å². The molecule has 0 spiro atoms. The average molecular weight is 254 g/mol. The van der Waals surface area contributed by atoms with E-state index in [0.717, 1.165) is 4.90 Å². The molecule has 1 atom stereocenters. The summed E-state index contributed by atoms with van der Waals surface area (Å²) in [6.07, 6.45) is -3.47. The van der Waals surface area contributed by atoms with E-state index in [-0.39, 0.29) is 6.54 Å². The number of carboxylic acids is 1. The number of nitrogens with zero attached hydrogens (tertiary/aromatic N) is 1. The van der Waals surface area contributed by atoms with Crippen molar-refractivity contribution in [1.29, 1.82) is 0 Å². The highest BCUT2D eigenvalue weighted by Crippen LogP contribution is 2.17. The highest BCUT2D eigenvalue weighted by atomic mass is 19.4. The fourth-order valence-electron chi connectivity index (χ4n) is 1.73. The molecule has 1 rings (SSSR count). The number of carboxylic acid groups (broad SMARTS) is 1. The first-order valence-electron chi connectivity index (χ1n) is 5.11. The molecule has 2 N–H and O–H groups in total. The second kappa shape index (κ2) is 5.35. The van der Waals surface area contributed by atoms with Gasteiger partial charge < -0.3 is 15.3 Å². The van der Waals surface area contributed by atoms with Crippen molar-refractivity contribution in [3.8, 4) is 0 Å².